The molecule has 0 saturated heterocycles. The van der Waals surface area contributed by atoms with E-state index in [1.54, 1.807) is 18.3 Å². The zero-order valence-electron chi connectivity index (χ0n) is 21.4. The Kier molecular flexibility index (Phi) is 8.29. The van der Waals surface area contributed by atoms with E-state index >= 15 is 0 Å². The predicted octanol–water partition coefficient (Wildman–Crippen LogP) is 4.63. The first-order chi connectivity index (χ1) is 19.4. The summed E-state index contributed by atoms with van der Waals surface area (Å²) in [6.07, 6.45) is 3.48. The second-order valence-corrected chi connectivity index (χ2v) is 11.7. The number of hydrogen-bond acceptors (Lipinski definition) is 9. The van der Waals surface area contributed by atoms with Gasteiger partial charge in [-0.25, -0.2) is 22.6 Å². The third-order valence-electron chi connectivity index (χ3n) is 5.89. The molecule has 3 aromatic heterocycles. The third kappa shape index (κ3) is 6.60. The molecule has 0 unspecified atom stereocenters. The van der Waals surface area contributed by atoms with E-state index in [1.807, 2.05) is 66.7 Å². The van der Waals surface area contributed by atoms with Crippen LogP contribution in [0.25, 0.3) is 10.6 Å². The first-order valence-electron chi connectivity index (χ1n) is 12.2. The van der Waals surface area contributed by atoms with Gasteiger partial charge in [0.1, 0.15) is 15.7 Å². The van der Waals surface area contributed by atoms with Crippen molar-refractivity contribution in [2.75, 3.05) is 7.11 Å². The van der Waals surface area contributed by atoms with Gasteiger partial charge in [-0.1, -0.05) is 41.6 Å². The first kappa shape index (κ1) is 27.2. The van der Waals surface area contributed by atoms with E-state index in [9.17, 15) is 13.2 Å². The molecule has 3 heterocycles. The van der Waals surface area contributed by atoms with Crippen LogP contribution < -0.4 is 9.46 Å². The SMILES string of the molecule is COC(=O)[C@H](Cc1ccc(Oc2ccccc2)cc1)n1cc(CNS(=O)(=O)c2ccc(-c3ccccn3)s2)nn1. The Labute approximate surface area is 235 Å². The van der Waals surface area contributed by atoms with Crippen molar-refractivity contribution in [1.29, 1.82) is 0 Å². The van der Waals surface area contributed by atoms with Crippen LogP contribution in [0.15, 0.2) is 102 Å². The zero-order chi connectivity index (χ0) is 28.0. The molecular weight excluding hydrogens is 550 g/mol. The summed E-state index contributed by atoms with van der Waals surface area (Å²) in [5.74, 6) is 0.890. The Morgan fingerprint density at radius 1 is 0.975 bits per heavy atom. The molecule has 1 atom stereocenters. The average Bonchev–Trinajstić information content (AvgIpc) is 3.68. The van der Waals surface area contributed by atoms with Crippen LogP contribution >= 0.6 is 11.3 Å². The largest absolute Gasteiger partial charge is 0.467 e. The van der Waals surface area contributed by atoms with Crippen molar-refractivity contribution in [3.8, 4) is 22.1 Å². The molecule has 0 fully saturated rings. The fraction of sp³-hybridized carbons (Fsp3) is 0.143. The number of nitrogens with one attached hydrogen (secondary N) is 1. The molecule has 10 nitrogen and oxygen atoms in total. The first-order valence-corrected chi connectivity index (χ1v) is 14.5. The molecule has 0 spiro atoms. The van der Waals surface area contributed by atoms with Crippen molar-refractivity contribution in [2.45, 2.75) is 23.2 Å². The van der Waals surface area contributed by atoms with Gasteiger partial charge in [-0.05, 0) is 54.1 Å². The van der Waals surface area contributed by atoms with Crippen molar-refractivity contribution in [3.63, 3.8) is 0 Å². The summed E-state index contributed by atoms with van der Waals surface area (Å²) in [4.78, 5) is 17.6. The molecule has 2 aromatic carbocycles. The molecule has 5 rings (SSSR count). The van der Waals surface area contributed by atoms with Gasteiger partial charge in [0.05, 0.1) is 36.1 Å². The maximum atomic E-state index is 12.9. The van der Waals surface area contributed by atoms with Crippen molar-refractivity contribution < 1.29 is 22.7 Å². The van der Waals surface area contributed by atoms with Crippen LogP contribution in [0.2, 0.25) is 0 Å². The summed E-state index contributed by atoms with van der Waals surface area (Å²) in [5, 5.41) is 8.13. The number of para-hydroxylation sites is 1. The summed E-state index contributed by atoms with van der Waals surface area (Å²) < 4.78 is 40.6. The van der Waals surface area contributed by atoms with Crippen LogP contribution in [0.3, 0.4) is 0 Å². The number of aromatic nitrogens is 4. The maximum absolute atomic E-state index is 12.9. The lowest BCUT2D eigenvalue weighted by molar-refractivity contribution is -0.144. The van der Waals surface area contributed by atoms with Crippen LogP contribution in [0.1, 0.15) is 17.3 Å². The lowest BCUT2D eigenvalue weighted by atomic mass is 10.1. The number of methoxy groups -OCH3 is 1. The molecule has 204 valence electrons. The molecule has 0 bridgehead atoms. The normalized spacial score (nSPS) is 12.1. The lowest BCUT2D eigenvalue weighted by Gasteiger charge is -2.15. The van der Waals surface area contributed by atoms with E-state index in [1.165, 1.54) is 24.1 Å². The highest BCUT2D eigenvalue weighted by molar-refractivity contribution is 7.91. The Morgan fingerprint density at radius 3 is 2.45 bits per heavy atom. The second-order valence-electron chi connectivity index (χ2n) is 8.65. The van der Waals surface area contributed by atoms with E-state index in [0.717, 1.165) is 27.5 Å². The lowest BCUT2D eigenvalue weighted by Crippen LogP contribution is -2.24. The van der Waals surface area contributed by atoms with Crippen LogP contribution in [0, 0.1) is 0 Å². The minimum Gasteiger partial charge on any atom is -0.467 e. The van der Waals surface area contributed by atoms with Gasteiger partial charge in [-0.3, -0.25) is 4.98 Å². The Morgan fingerprint density at radius 2 is 1.73 bits per heavy atom. The molecule has 40 heavy (non-hydrogen) atoms. The topological polar surface area (TPSA) is 125 Å². The minimum absolute atomic E-state index is 0.0986. The molecule has 0 aliphatic heterocycles. The van der Waals surface area contributed by atoms with Crippen molar-refractivity contribution in [1.82, 2.24) is 24.7 Å². The fourth-order valence-corrected chi connectivity index (χ4v) is 6.19. The van der Waals surface area contributed by atoms with Gasteiger partial charge in [0.15, 0.2) is 6.04 Å². The van der Waals surface area contributed by atoms with Crippen LogP contribution in [0.4, 0.5) is 0 Å². The number of pyridine rings is 1. The summed E-state index contributed by atoms with van der Waals surface area (Å²) in [6.45, 7) is -0.0986. The number of thiophene rings is 1. The monoisotopic (exact) mass is 575 g/mol. The molecule has 1 N–H and O–H groups in total. The van der Waals surface area contributed by atoms with Gasteiger partial charge >= 0.3 is 5.97 Å². The van der Waals surface area contributed by atoms with Gasteiger partial charge in [0.25, 0.3) is 0 Å². The molecule has 0 aliphatic carbocycles. The summed E-state index contributed by atoms with van der Waals surface area (Å²) in [5.41, 5.74) is 1.91. The molecule has 12 heteroatoms. The number of carbonyl (C=O) groups excluding carboxylic acids is 1. The smallest absolute Gasteiger partial charge is 0.331 e. The number of esters is 1. The summed E-state index contributed by atoms with van der Waals surface area (Å²) >= 11 is 1.12. The van der Waals surface area contributed by atoms with Crippen molar-refractivity contribution >= 4 is 27.3 Å². The van der Waals surface area contributed by atoms with Gasteiger partial charge in [-0.15, -0.1) is 16.4 Å². The third-order valence-corrected chi connectivity index (χ3v) is 8.89. The van der Waals surface area contributed by atoms with Gasteiger partial charge in [0.2, 0.25) is 10.0 Å². The number of benzene rings is 2. The Balaban J connectivity index is 1.24. The van der Waals surface area contributed by atoms with Crippen molar-refractivity contribution in [2.24, 2.45) is 0 Å². The molecule has 0 radical (unpaired) electrons. The molecule has 5 aromatic rings. The fourth-order valence-electron chi connectivity index (χ4n) is 3.86. The van der Waals surface area contributed by atoms with E-state index in [0.29, 0.717) is 17.1 Å². The highest BCUT2D eigenvalue weighted by Crippen LogP contribution is 2.29. The van der Waals surface area contributed by atoms with Crippen LogP contribution in [0.5, 0.6) is 11.5 Å². The summed E-state index contributed by atoms with van der Waals surface area (Å²) in [7, 11) is -2.49. The number of rotatable bonds is 11. The minimum atomic E-state index is -3.79. The van der Waals surface area contributed by atoms with Gasteiger partial charge < -0.3 is 9.47 Å². The number of sulfonamides is 1. The zero-order valence-corrected chi connectivity index (χ0v) is 23.0. The molecule has 0 saturated carbocycles. The number of carbonyl (C=O) groups is 1. The van der Waals surface area contributed by atoms with E-state index < -0.39 is 22.0 Å². The average molecular weight is 576 g/mol. The predicted molar refractivity (Wildman–Crippen MR) is 149 cm³/mol. The standard InChI is InChI=1S/C28H25N5O5S2/c1-37-28(34)25(17-20-10-12-23(13-11-20)38-22-7-3-2-4-8-22)33-19-21(31-32-33)18-30-40(35,36)27-15-14-26(39-27)24-9-5-6-16-29-24/h2-16,19,25,30H,17-18H2,1H3/t25-/m0/s1. The highest BCUT2D eigenvalue weighted by Gasteiger charge is 2.24. The highest BCUT2D eigenvalue weighted by atomic mass is 32.2. The molecule has 0 amide bonds. The van der Waals surface area contributed by atoms with Gasteiger partial charge in [-0.2, -0.15) is 0 Å². The molecular formula is C28H25N5O5S2. The van der Waals surface area contributed by atoms with Gasteiger partial charge in [0, 0.05) is 12.6 Å². The Hall–Kier alpha value is -4.39. The van der Waals surface area contributed by atoms with Crippen LogP contribution in [-0.4, -0.2) is 41.5 Å². The quantitative estimate of drug-likeness (QED) is 0.226. The summed E-state index contributed by atoms with van der Waals surface area (Å²) in [6, 6.07) is 24.7. The maximum Gasteiger partial charge on any atom is 0.331 e. The van der Waals surface area contributed by atoms with Crippen molar-refractivity contribution in [3.05, 3.63) is 109 Å². The van der Waals surface area contributed by atoms with E-state index in [-0.39, 0.29) is 17.2 Å². The second kappa shape index (κ2) is 12.2. The number of ether oxygens (including phenoxy) is 2. The van der Waals surface area contributed by atoms with E-state index in [2.05, 4.69) is 20.0 Å². The molecule has 0 aliphatic rings. The number of hydrogen-bond donors (Lipinski definition) is 1. The van der Waals surface area contributed by atoms with Crippen LogP contribution in [-0.2, 0) is 32.5 Å². The number of nitrogens with zero attached hydrogens (tertiary/aromatic N) is 4. The van der Waals surface area contributed by atoms with E-state index in [4.69, 9.17) is 9.47 Å². The Bertz CT molecular complexity index is 1670.